The first-order chi connectivity index (χ1) is 38.5. The van der Waals surface area contributed by atoms with E-state index >= 15 is 0 Å². The van der Waals surface area contributed by atoms with Gasteiger partial charge in [0.2, 0.25) is 0 Å². The largest absolute Gasteiger partial charge is 0.462 e. The minimum Gasteiger partial charge on any atom is -0.462 e. The maximum Gasteiger partial charge on any atom is 0.306 e. The number of ether oxygens (including phenoxy) is 3. The summed E-state index contributed by atoms with van der Waals surface area (Å²) in [4.78, 5) is 38.3. The summed E-state index contributed by atoms with van der Waals surface area (Å²) < 4.78 is 16.9. The van der Waals surface area contributed by atoms with Crippen molar-refractivity contribution in [2.75, 3.05) is 13.2 Å². The van der Waals surface area contributed by atoms with Crippen LogP contribution in [0.25, 0.3) is 0 Å². The summed E-state index contributed by atoms with van der Waals surface area (Å²) in [7, 11) is 0. The molecule has 1 unspecified atom stereocenters. The first-order valence-electron chi connectivity index (χ1n) is 33.6. The number of rotatable bonds is 61. The van der Waals surface area contributed by atoms with Gasteiger partial charge in [-0.2, -0.15) is 0 Å². The Kier molecular flexibility index (Phi) is 63.2. The molecular formula is C72H126O6. The highest BCUT2D eigenvalue weighted by atomic mass is 16.6. The molecule has 0 spiro atoms. The predicted molar refractivity (Wildman–Crippen MR) is 339 cm³/mol. The molecule has 6 nitrogen and oxygen atoms in total. The molecule has 78 heavy (non-hydrogen) atoms. The molecule has 0 aromatic heterocycles. The Hall–Kier alpha value is -3.41. The van der Waals surface area contributed by atoms with Gasteiger partial charge in [-0.25, -0.2) is 0 Å². The van der Waals surface area contributed by atoms with Crippen LogP contribution in [0.3, 0.4) is 0 Å². The number of esters is 3. The van der Waals surface area contributed by atoms with E-state index in [-0.39, 0.29) is 31.1 Å². The van der Waals surface area contributed by atoms with Crippen molar-refractivity contribution in [1.29, 1.82) is 0 Å². The van der Waals surface area contributed by atoms with E-state index in [0.29, 0.717) is 19.3 Å². The van der Waals surface area contributed by atoms with Crippen molar-refractivity contribution in [3.05, 3.63) is 85.1 Å². The zero-order valence-corrected chi connectivity index (χ0v) is 51.7. The van der Waals surface area contributed by atoms with E-state index in [1.54, 1.807) is 0 Å². The molecular weight excluding hydrogens is 961 g/mol. The van der Waals surface area contributed by atoms with E-state index in [9.17, 15) is 14.4 Å². The van der Waals surface area contributed by atoms with Gasteiger partial charge in [0.05, 0.1) is 0 Å². The highest BCUT2D eigenvalue weighted by Gasteiger charge is 2.19. The smallest absolute Gasteiger partial charge is 0.306 e. The van der Waals surface area contributed by atoms with Crippen LogP contribution in [0.5, 0.6) is 0 Å². The minimum absolute atomic E-state index is 0.0821. The first kappa shape index (κ1) is 74.6. The molecule has 0 rings (SSSR count). The minimum atomic E-state index is -0.787. The lowest BCUT2D eigenvalue weighted by Gasteiger charge is -2.18. The lowest BCUT2D eigenvalue weighted by atomic mass is 10.0. The normalized spacial score (nSPS) is 12.6. The monoisotopic (exact) mass is 1090 g/mol. The van der Waals surface area contributed by atoms with Gasteiger partial charge < -0.3 is 14.2 Å². The molecule has 0 radical (unpaired) electrons. The van der Waals surface area contributed by atoms with Crippen LogP contribution >= 0.6 is 0 Å². The molecule has 0 bridgehead atoms. The highest BCUT2D eigenvalue weighted by molar-refractivity contribution is 5.71. The number of carbonyl (C=O) groups is 3. The standard InChI is InChI=1S/C72H126O6/c1-4-7-10-13-16-19-22-25-28-30-31-32-33-34-35-36-37-38-39-40-41-42-45-47-50-53-56-59-62-65-71(74)77-68-69(67-76-70(73)64-61-58-55-52-49-46-43-27-24-21-18-15-12-9-6-3)78-72(75)66-63-60-57-54-51-48-44-29-26-23-20-17-14-11-8-5-2/h7,10,16,19-20,23,25,27-29,31-32,43-44,69H,4-6,8-9,11-15,17-18,21-22,24,26,30,33-42,45-68H2,1-3H3/b10-7-,19-16-,23-20-,28-25-,32-31-,43-27-,44-29-. The molecule has 0 N–H and O–H groups in total. The van der Waals surface area contributed by atoms with E-state index in [1.165, 1.54) is 180 Å². The fraction of sp³-hybridized carbons (Fsp3) is 0.764. The first-order valence-corrected chi connectivity index (χ1v) is 33.6. The third kappa shape index (κ3) is 63.4. The number of unbranched alkanes of at least 4 members (excludes halogenated alkanes) is 36. The van der Waals surface area contributed by atoms with Gasteiger partial charge in [0.25, 0.3) is 0 Å². The van der Waals surface area contributed by atoms with Gasteiger partial charge in [-0.05, 0) is 116 Å². The fourth-order valence-corrected chi connectivity index (χ4v) is 9.58. The average molecular weight is 1090 g/mol. The van der Waals surface area contributed by atoms with Gasteiger partial charge in [-0.15, -0.1) is 0 Å². The molecule has 0 saturated carbocycles. The number of carbonyl (C=O) groups excluding carboxylic acids is 3. The van der Waals surface area contributed by atoms with Gasteiger partial charge >= 0.3 is 17.9 Å². The van der Waals surface area contributed by atoms with E-state index in [0.717, 1.165) is 116 Å². The van der Waals surface area contributed by atoms with Gasteiger partial charge in [0.15, 0.2) is 6.10 Å². The Morgan fingerprint density at radius 3 is 0.808 bits per heavy atom. The quantitative estimate of drug-likeness (QED) is 0.0261. The van der Waals surface area contributed by atoms with Gasteiger partial charge in [0, 0.05) is 19.3 Å². The van der Waals surface area contributed by atoms with Crippen LogP contribution in [-0.2, 0) is 28.6 Å². The third-order valence-corrected chi connectivity index (χ3v) is 14.6. The zero-order valence-electron chi connectivity index (χ0n) is 51.7. The topological polar surface area (TPSA) is 78.9 Å². The second kappa shape index (κ2) is 66.1. The molecule has 0 aliphatic carbocycles. The van der Waals surface area contributed by atoms with Crippen LogP contribution in [0.15, 0.2) is 85.1 Å². The van der Waals surface area contributed by atoms with Crippen molar-refractivity contribution in [2.24, 2.45) is 0 Å². The van der Waals surface area contributed by atoms with Gasteiger partial charge in [-0.1, -0.05) is 286 Å². The molecule has 6 heteroatoms. The number of hydrogen-bond acceptors (Lipinski definition) is 6. The highest BCUT2D eigenvalue weighted by Crippen LogP contribution is 2.17. The predicted octanol–water partition coefficient (Wildman–Crippen LogP) is 23.1. The van der Waals surface area contributed by atoms with E-state index < -0.39 is 6.10 Å². The van der Waals surface area contributed by atoms with Crippen LogP contribution in [0.2, 0.25) is 0 Å². The van der Waals surface area contributed by atoms with Gasteiger partial charge in [-0.3, -0.25) is 14.4 Å². The Morgan fingerprint density at radius 1 is 0.269 bits per heavy atom. The number of hydrogen-bond donors (Lipinski definition) is 0. The summed E-state index contributed by atoms with van der Waals surface area (Å²) >= 11 is 0. The Morgan fingerprint density at radius 2 is 0.500 bits per heavy atom. The summed E-state index contributed by atoms with van der Waals surface area (Å²) in [5.74, 6) is -0.889. The third-order valence-electron chi connectivity index (χ3n) is 14.6. The Bertz CT molecular complexity index is 1480. The van der Waals surface area contributed by atoms with Crippen LogP contribution < -0.4 is 0 Å². The van der Waals surface area contributed by atoms with Crippen LogP contribution in [-0.4, -0.2) is 37.2 Å². The summed E-state index contributed by atoms with van der Waals surface area (Å²) in [5.41, 5.74) is 0. The molecule has 0 aliphatic rings. The SMILES string of the molecule is CC/C=C\C/C=C\C/C=C\C/C=C\CCCCCCCCCCCCCCCCCCC(=O)OCC(COC(=O)CCCCCCC/C=C\CCCCCCCC)OC(=O)CCCCCCC/C=C\C/C=C\CCCCCC. The summed E-state index contributed by atoms with van der Waals surface area (Å²) in [5, 5.41) is 0. The van der Waals surface area contributed by atoms with Crippen molar-refractivity contribution in [3.63, 3.8) is 0 Å². The molecule has 0 aromatic rings. The van der Waals surface area contributed by atoms with Crippen LogP contribution in [0.4, 0.5) is 0 Å². The summed E-state index contributed by atoms with van der Waals surface area (Å²) in [6.07, 6.45) is 87.4. The molecule has 1 atom stereocenters. The second-order valence-corrected chi connectivity index (χ2v) is 22.3. The second-order valence-electron chi connectivity index (χ2n) is 22.3. The van der Waals surface area contributed by atoms with Crippen LogP contribution in [0.1, 0.15) is 335 Å². The van der Waals surface area contributed by atoms with Gasteiger partial charge in [0.1, 0.15) is 13.2 Å². The van der Waals surface area contributed by atoms with E-state index in [2.05, 4.69) is 106 Å². The van der Waals surface area contributed by atoms with Crippen molar-refractivity contribution in [1.82, 2.24) is 0 Å². The van der Waals surface area contributed by atoms with Crippen molar-refractivity contribution >= 4 is 17.9 Å². The molecule has 0 heterocycles. The molecule has 0 fully saturated rings. The summed E-state index contributed by atoms with van der Waals surface area (Å²) in [6.45, 7) is 6.52. The maximum atomic E-state index is 12.9. The van der Waals surface area contributed by atoms with Crippen molar-refractivity contribution in [3.8, 4) is 0 Å². The zero-order chi connectivity index (χ0) is 56.4. The Labute approximate surface area is 484 Å². The Balaban J connectivity index is 4.25. The lowest BCUT2D eigenvalue weighted by Crippen LogP contribution is -2.30. The number of allylic oxidation sites excluding steroid dienone is 14. The maximum absolute atomic E-state index is 12.9. The molecule has 450 valence electrons. The van der Waals surface area contributed by atoms with E-state index in [4.69, 9.17) is 14.2 Å². The molecule has 0 aliphatic heterocycles. The van der Waals surface area contributed by atoms with Crippen molar-refractivity contribution in [2.45, 2.75) is 341 Å². The van der Waals surface area contributed by atoms with Crippen LogP contribution in [0, 0.1) is 0 Å². The average Bonchev–Trinajstić information content (AvgIpc) is 3.44. The molecule has 0 aromatic carbocycles. The van der Waals surface area contributed by atoms with E-state index in [1.807, 2.05) is 0 Å². The lowest BCUT2D eigenvalue weighted by molar-refractivity contribution is -0.167. The molecule has 0 amide bonds. The van der Waals surface area contributed by atoms with Crippen molar-refractivity contribution < 1.29 is 28.6 Å². The molecule has 0 saturated heterocycles. The fourth-order valence-electron chi connectivity index (χ4n) is 9.58. The summed E-state index contributed by atoms with van der Waals surface area (Å²) in [6, 6.07) is 0.